The summed E-state index contributed by atoms with van der Waals surface area (Å²) in [6.45, 7) is 3.60. The van der Waals surface area contributed by atoms with Crippen LogP contribution in [0.3, 0.4) is 0 Å². The van der Waals surface area contributed by atoms with Crippen molar-refractivity contribution in [2.45, 2.75) is 19.5 Å². The summed E-state index contributed by atoms with van der Waals surface area (Å²) in [6, 6.07) is 7.79. The second-order valence-corrected chi connectivity index (χ2v) is 6.43. The molecule has 3 rings (SSSR count). The molecular formula is C18H25N5O2. The van der Waals surface area contributed by atoms with Gasteiger partial charge >= 0.3 is 0 Å². The van der Waals surface area contributed by atoms with Gasteiger partial charge in [0.05, 0.1) is 0 Å². The molecule has 1 aliphatic heterocycles. The number of H-pyrrole nitrogens is 1. The van der Waals surface area contributed by atoms with Crippen molar-refractivity contribution in [1.29, 1.82) is 0 Å². The van der Waals surface area contributed by atoms with E-state index in [1.165, 1.54) is 0 Å². The number of rotatable bonds is 7. The molecule has 2 aromatic rings. The molecule has 0 bridgehead atoms. The predicted octanol–water partition coefficient (Wildman–Crippen LogP) is 0.926. The lowest BCUT2D eigenvalue weighted by Gasteiger charge is -2.13. The van der Waals surface area contributed by atoms with E-state index in [9.17, 15) is 4.79 Å². The highest BCUT2D eigenvalue weighted by Crippen LogP contribution is 2.16. The first-order valence-corrected chi connectivity index (χ1v) is 8.55. The Hall–Kier alpha value is -2.38. The number of fused-ring (bicyclic) bond motifs is 1. The lowest BCUT2D eigenvalue weighted by molar-refractivity contribution is 0.0944. The number of hydrogen-bond acceptors (Lipinski definition) is 5. The van der Waals surface area contributed by atoms with Gasteiger partial charge in [-0.15, -0.1) is 0 Å². The van der Waals surface area contributed by atoms with Crippen LogP contribution in [0.4, 0.5) is 0 Å². The molecule has 7 nitrogen and oxygen atoms in total. The van der Waals surface area contributed by atoms with E-state index >= 15 is 0 Å². The molecule has 2 heterocycles. The first-order chi connectivity index (χ1) is 12.1. The number of amides is 1. The molecule has 3 N–H and O–H groups in total. The Kier molecular flexibility index (Phi) is 5.67. The Morgan fingerprint density at radius 2 is 2.12 bits per heavy atom. The fourth-order valence-electron chi connectivity index (χ4n) is 2.73. The summed E-state index contributed by atoms with van der Waals surface area (Å²) in [7, 11) is 4.03. The zero-order chi connectivity index (χ0) is 17.6. The molecule has 134 valence electrons. The van der Waals surface area contributed by atoms with Crippen molar-refractivity contribution in [3.8, 4) is 5.75 Å². The predicted molar refractivity (Wildman–Crippen MR) is 95.7 cm³/mol. The van der Waals surface area contributed by atoms with E-state index in [-0.39, 0.29) is 5.91 Å². The van der Waals surface area contributed by atoms with Crippen LogP contribution < -0.4 is 15.4 Å². The van der Waals surface area contributed by atoms with Crippen LogP contribution in [0.15, 0.2) is 24.3 Å². The molecule has 1 amide bonds. The fraction of sp³-hybridized carbons (Fsp3) is 0.444. The number of carbonyl (C=O) groups is 1. The minimum Gasteiger partial charge on any atom is -0.492 e. The summed E-state index contributed by atoms with van der Waals surface area (Å²) in [5.41, 5.74) is 3.55. The highest BCUT2D eigenvalue weighted by molar-refractivity contribution is 5.94. The smallest absolute Gasteiger partial charge is 0.272 e. The Balaban J connectivity index is 1.51. The topological polar surface area (TPSA) is 82.3 Å². The van der Waals surface area contributed by atoms with Crippen molar-refractivity contribution >= 4 is 5.91 Å². The molecule has 0 saturated heterocycles. The minimum absolute atomic E-state index is 0.146. The van der Waals surface area contributed by atoms with Crippen LogP contribution in [0.2, 0.25) is 0 Å². The molecule has 0 spiro atoms. The van der Waals surface area contributed by atoms with Gasteiger partial charge in [0.15, 0.2) is 5.69 Å². The fourth-order valence-corrected chi connectivity index (χ4v) is 2.73. The lowest BCUT2D eigenvalue weighted by atomic mass is 10.1. The quantitative estimate of drug-likeness (QED) is 0.697. The Bertz CT molecular complexity index is 709. The van der Waals surface area contributed by atoms with Crippen molar-refractivity contribution in [1.82, 2.24) is 25.7 Å². The van der Waals surface area contributed by atoms with Crippen LogP contribution in [0.5, 0.6) is 5.75 Å². The van der Waals surface area contributed by atoms with Crippen molar-refractivity contribution in [2.24, 2.45) is 0 Å². The normalized spacial score (nSPS) is 13.6. The third-order valence-electron chi connectivity index (χ3n) is 4.21. The van der Waals surface area contributed by atoms with Crippen molar-refractivity contribution in [3.05, 3.63) is 46.8 Å². The summed E-state index contributed by atoms with van der Waals surface area (Å²) in [4.78, 5) is 14.4. The molecule has 25 heavy (non-hydrogen) atoms. The minimum atomic E-state index is -0.146. The number of benzene rings is 1. The molecule has 0 saturated carbocycles. The largest absolute Gasteiger partial charge is 0.492 e. The number of aromatic amines is 1. The number of aromatic nitrogens is 2. The van der Waals surface area contributed by atoms with Crippen molar-refractivity contribution in [3.63, 3.8) is 0 Å². The average Bonchev–Trinajstić information content (AvgIpc) is 3.05. The van der Waals surface area contributed by atoms with Crippen LogP contribution in [-0.2, 0) is 19.5 Å². The van der Waals surface area contributed by atoms with E-state index in [0.29, 0.717) is 25.4 Å². The van der Waals surface area contributed by atoms with Gasteiger partial charge in [-0.2, -0.15) is 5.10 Å². The molecule has 0 aliphatic carbocycles. The van der Waals surface area contributed by atoms with E-state index in [0.717, 1.165) is 42.1 Å². The van der Waals surface area contributed by atoms with Gasteiger partial charge in [-0.25, -0.2) is 0 Å². The van der Waals surface area contributed by atoms with E-state index in [1.54, 1.807) is 0 Å². The highest BCUT2D eigenvalue weighted by atomic mass is 16.5. The van der Waals surface area contributed by atoms with Gasteiger partial charge in [0.1, 0.15) is 12.4 Å². The van der Waals surface area contributed by atoms with Gasteiger partial charge in [-0.05, 0) is 31.8 Å². The summed E-state index contributed by atoms with van der Waals surface area (Å²) < 4.78 is 5.67. The maximum atomic E-state index is 12.4. The number of nitrogens with one attached hydrogen (secondary N) is 3. The molecule has 0 unspecified atom stereocenters. The molecule has 1 aromatic heterocycles. The maximum Gasteiger partial charge on any atom is 0.272 e. The van der Waals surface area contributed by atoms with E-state index in [2.05, 4.69) is 25.7 Å². The first kappa shape index (κ1) is 17.4. The molecular weight excluding hydrogens is 318 g/mol. The highest BCUT2D eigenvalue weighted by Gasteiger charge is 2.21. The van der Waals surface area contributed by atoms with Gasteiger partial charge in [0.25, 0.3) is 5.91 Å². The Labute approximate surface area is 147 Å². The molecule has 0 fully saturated rings. The maximum absolute atomic E-state index is 12.4. The Morgan fingerprint density at radius 3 is 2.88 bits per heavy atom. The first-order valence-electron chi connectivity index (χ1n) is 8.55. The molecule has 1 aliphatic rings. The molecule has 1 aromatic carbocycles. The van der Waals surface area contributed by atoms with E-state index in [4.69, 9.17) is 4.74 Å². The summed E-state index contributed by atoms with van der Waals surface area (Å²) >= 11 is 0. The van der Waals surface area contributed by atoms with Gasteiger partial charge in [0, 0.05) is 43.9 Å². The summed E-state index contributed by atoms with van der Waals surface area (Å²) in [6.07, 6.45) is 0.880. The van der Waals surface area contributed by atoms with Gasteiger partial charge in [0.2, 0.25) is 0 Å². The van der Waals surface area contributed by atoms with Crippen LogP contribution in [0, 0.1) is 0 Å². The average molecular weight is 343 g/mol. The zero-order valence-electron chi connectivity index (χ0n) is 14.8. The van der Waals surface area contributed by atoms with Crippen molar-refractivity contribution < 1.29 is 9.53 Å². The SMILES string of the molecule is CN(C)CCOc1ccc(CNC(=O)c2n[nH]c3c2CNCC3)cc1. The number of carbonyl (C=O) groups excluding carboxylic acids is 1. The van der Waals surface area contributed by atoms with Crippen LogP contribution >= 0.6 is 0 Å². The lowest BCUT2D eigenvalue weighted by Crippen LogP contribution is -2.28. The third-order valence-corrected chi connectivity index (χ3v) is 4.21. The van der Waals surface area contributed by atoms with Crippen molar-refractivity contribution in [2.75, 3.05) is 33.8 Å². The standard InChI is InChI=1S/C18H25N5O2/c1-23(2)9-10-25-14-5-3-13(4-6-14)11-20-18(24)17-15-12-19-8-7-16(15)21-22-17/h3-6,19H,7-12H2,1-2H3,(H,20,24)(H,21,22). The molecule has 7 heteroatoms. The van der Waals surface area contributed by atoms with E-state index in [1.807, 2.05) is 38.4 Å². The monoisotopic (exact) mass is 343 g/mol. The van der Waals surface area contributed by atoms with E-state index < -0.39 is 0 Å². The van der Waals surface area contributed by atoms with Gasteiger partial charge < -0.3 is 20.3 Å². The van der Waals surface area contributed by atoms with Gasteiger partial charge in [-0.1, -0.05) is 12.1 Å². The summed E-state index contributed by atoms with van der Waals surface area (Å²) in [5, 5.41) is 13.3. The third kappa shape index (κ3) is 4.58. The number of ether oxygens (including phenoxy) is 1. The summed E-state index contributed by atoms with van der Waals surface area (Å²) in [5.74, 6) is 0.692. The van der Waals surface area contributed by atoms with Gasteiger partial charge in [-0.3, -0.25) is 9.89 Å². The van der Waals surface area contributed by atoms with Crippen LogP contribution in [-0.4, -0.2) is 54.8 Å². The second-order valence-electron chi connectivity index (χ2n) is 6.43. The second kappa shape index (κ2) is 8.13. The number of nitrogens with zero attached hydrogens (tertiary/aromatic N) is 2. The molecule has 0 radical (unpaired) electrons. The zero-order valence-corrected chi connectivity index (χ0v) is 14.8. The Morgan fingerprint density at radius 1 is 1.32 bits per heavy atom. The number of hydrogen-bond donors (Lipinski definition) is 3. The molecule has 0 atom stereocenters. The van der Waals surface area contributed by atoms with Crippen LogP contribution in [0.25, 0.3) is 0 Å². The number of likely N-dealkylation sites (N-methyl/N-ethyl adjacent to an activating group) is 1. The van der Waals surface area contributed by atoms with Crippen LogP contribution in [0.1, 0.15) is 27.3 Å².